The van der Waals surface area contributed by atoms with E-state index in [1.165, 1.54) is 6.42 Å². The monoisotopic (exact) mass is 442 g/mol. The van der Waals surface area contributed by atoms with Crippen LogP contribution in [0.3, 0.4) is 0 Å². The van der Waals surface area contributed by atoms with Crippen LogP contribution in [0.1, 0.15) is 52.9 Å². The second-order valence-electron chi connectivity index (χ2n) is 7.47. The van der Waals surface area contributed by atoms with Gasteiger partial charge in [0.05, 0.1) is 4.47 Å². The topological polar surface area (TPSA) is 76.5 Å². The summed E-state index contributed by atoms with van der Waals surface area (Å²) in [4.78, 5) is 24.2. The van der Waals surface area contributed by atoms with Gasteiger partial charge in [-0.15, -0.1) is 0 Å². The van der Waals surface area contributed by atoms with Crippen molar-refractivity contribution in [1.82, 2.24) is 15.3 Å². The van der Waals surface area contributed by atoms with Crippen LogP contribution in [0, 0.1) is 5.41 Å². The summed E-state index contributed by atoms with van der Waals surface area (Å²) in [6.07, 6.45) is 8.44. The predicted molar refractivity (Wildman–Crippen MR) is 106 cm³/mol. The molecule has 2 rings (SSSR count). The van der Waals surface area contributed by atoms with Crippen LogP contribution in [-0.2, 0) is 4.74 Å². The first-order valence-electron chi connectivity index (χ1n) is 8.65. The molecule has 142 valence electrons. The lowest BCUT2D eigenvalue weighted by molar-refractivity contribution is 0.0501. The average Bonchev–Trinajstić information content (AvgIpc) is 2.56. The summed E-state index contributed by atoms with van der Waals surface area (Å²) in [6, 6.07) is 0. The van der Waals surface area contributed by atoms with Gasteiger partial charge in [-0.2, -0.15) is 9.98 Å². The third-order valence-electron chi connectivity index (χ3n) is 4.07. The molecule has 0 bridgehead atoms. The van der Waals surface area contributed by atoms with E-state index in [0.717, 1.165) is 25.7 Å². The first kappa shape index (κ1) is 20.9. The Morgan fingerprint density at radius 2 is 2.15 bits per heavy atom. The summed E-state index contributed by atoms with van der Waals surface area (Å²) >= 11 is 9.15. The highest BCUT2D eigenvalue weighted by Gasteiger charge is 2.31. The maximum atomic E-state index is 12.0. The molecule has 1 amide bonds. The van der Waals surface area contributed by atoms with Gasteiger partial charge in [-0.1, -0.05) is 19.3 Å². The van der Waals surface area contributed by atoms with Crippen LogP contribution < -0.4 is 5.32 Å². The van der Waals surface area contributed by atoms with Crippen molar-refractivity contribution in [2.24, 2.45) is 10.4 Å². The van der Waals surface area contributed by atoms with Gasteiger partial charge < -0.3 is 10.1 Å². The van der Waals surface area contributed by atoms with Crippen LogP contribution in [0.4, 0.5) is 10.6 Å². The predicted octanol–water partition coefficient (Wildman–Crippen LogP) is 5.23. The number of nitrogens with one attached hydrogen (secondary N) is 1. The van der Waals surface area contributed by atoms with Crippen LogP contribution in [0.15, 0.2) is 21.7 Å². The third kappa shape index (κ3) is 6.71. The summed E-state index contributed by atoms with van der Waals surface area (Å²) in [5, 5.41) is 3.02. The summed E-state index contributed by atoms with van der Waals surface area (Å²) < 4.78 is 5.98. The van der Waals surface area contributed by atoms with Gasteiger partial charge in [-0.25, -0.2) is 9.78 Å². The number of ether oxygens (including phenoxy) is 1. The lowest BCUT2D eigenvalue weighted by Crippen LogP contribution is -2.40. The third-order valence-corrected chi connectivity index (χ3v) is 4.81. The van der Waals surface area contributed by atoms with Crippen LogP contribution in [0.2, 0.25) is 5.28 Å². The molecule has 1 aliphatic rings. The lowest BCUT2D eigenvalue weighted by atomic mass is 9.74. The fraction of sp³-hybridized carbons (Fsp3) is 0.611. The Kier molecular flexibility index (Phi) is 7.21. The maximum absolute atomic E-state index is 12.0. The van der Waals surface area contributed by atoms with Crippen molar-refractivity contribution in [2.45, 2.75) is 58.5 Å². The van der Waals surface area contributed by atoms with E-state index in [9.17, 15) is 4.79 Å². The number of amides is 1. The fourth-order valence-electron chi connectivity index (χ4n) is 2.84. The van der Waals surface area contributed by atoms with E-state index in [2.05, 4.69) is 42.1 Å². The SMILES string of the molecule is CC(C)(C)OC(=O)NCC1(C=C=Nc2nc(Cl)ncc2Br)CCCCC1. The molecule has 1 saturated carbocycles. The summed E-state index contributed by atoms with van der Waals surface area (Å²) in [7, 11) is 0. The van der Waals surface area contributed by atoms with Crippen molar-refractivity contribution in [3.8, 4) is 0 Å². The number of carbonyl (C=O) groups is 1. The Bertz CT molecular complexity index is 706. The fourth-order valence-corrected chi connectivity index (χ4v) is 3.25. The van der Waals surface area contributed by atoms with Crippen LogP contribution in [-0.4, -0.2) is 34.1 Å². The molecule has 6 nitrogen and oxygen atoms in total. The molecule has 1 aromatic heterocycles. The molecule has 8 heteroatoms. The van der Waals surface area contributed by atoms with Crippen molar-refractivity contribution < 1.29 is 9.53 Å². The van der Waals surface area contributed by atoms with Gasteiger partial charge in [0.15, 0.2) is 5.82 Å². The molecule has 0 unspecified atom stereocenters. The Morgan fingerprint density at radius 1 is 1.46 bits per heavy atom. The van der Waals surface area contributed by atoms with Gasteiger partial charge in [0.1, 0.15) is 5.60 Å². The minimum Gasteiger partial charge on any atom is -0.444 e. The number of hydrogen-bond acceptors (Lipinski definition) is 5. The summed E-state index contributed by atoms with van der Waals surface area (Å²) in [5.74, 6) is 3.40. The van der Waals surface area contributed by atoms with Crippen LogP contribution >= 0.6 is 27.5 Å². The van der Waals surface area contributed by atoms with Gasteiger partial charge in [0, 0.05) is 18.2 Å². The minimum atomic E-state index is -0.514. The van der Waals surface area contributed by atoms with Crippen LogP contribution in [0.25, 0.3) is 0 Å². The average molecular weight is 444 g/mol. The number of carbonyl (C=O) groups excluding carboxylic acids is 1. The van der Waals surface area contributed by atoms with Crippen molar-refractivity contribution in [3.05, 3.63) is 22.0 Å². The normalized spacial score (nSPS) is 16.3. The molecule has 1 aromatic rings. The van der Waals surface area contributed by atoms with Gasteiger partial charge in [-0.3, -0.25) is 0 Å². The number of nitrogens with zero attached hydrogens (tertiary/aromatic N) is 3. The van der Waals surface area contributed by atoms with E-state index in [-0.39, 0.29) is 10.7 Å². The second kappa shape index (κ2) is 8.98. The number of alkyl carbamates (subject to hydrolysis) is 1. The molecule has 0 aromatic carbocycles. The number of hydrogen-bond donors (Lipinski definition) is 1. The van der Waals surface area contributed by atoms with E-state index >= 15 is 0 Å². The van der Waals surface area contributed by atoms with E-state index in [0.29, 0.717) is 16.8 Å². The standard InChI is InChI=1S/C18H24BrClN4O2/c1-17(2,3)26-16(25)23-12-18(7-5-4-6-8-18)9-10-21-14-13(19)11-22-15(20)24-14/h9,11H,4-8,12H2,1-3H3,(H,23,25). The number of aromatic nitrogens is 2. The Labute approximate surface area is 167 Å². The van der Waals surface area contributed by atoms with E-state index in [1.807, 2.05) is 26.8 Å². The van der Waals surface area contributed by atoms with Gasteiger partial charge in [0.25, 0.3) is 0 Å². The number of halogens is 2. The molecule has 1 heterocycles. The molecule has 1 aliphatic carbocycles. The molecular formula is C18H24BrClN4O2. The number of rotatable bonds is 4. The highest BCUT2D eigenvalue weighted by atomic mass is 79.9. The van der Waals surface area contributed by atoms with E-state index in [4.69, 9.17) is 16.3 Å². The first-order valence-corrected chi connectivity index (χ1v) is 9.82. The maximum Gasteiger partial charge on any atom is 0.407 e. The van der Waals surface area contributed by atoms with Gasteiger partial charge in [-0.05, 0) is 73.1 Å². The smallest absolute Gasteiger partial charge is 0.407 e. The first-order chi connectivity index (χ1) is 12.2. The van der Waals surface area contributed by atoms with Crippen molar-refractivity contribution in [2.75, 3.05) is 6.54 Å². The molecule has 0 saturated heterocycles. The Balaban J connectivity index is 2.12. The molecule has 0 aliphatic heterocycles. The number of aliphatic imine (C=N–C) groups is 1. The van der Waals surface area contributed by atoms with Crippen LogP contribution in [0.5, 0.6) is 0 Å². The largest absolute Gasteiger partial charge is 0.444 e. The quantitative estimate of drug-likeness (QED) is 0.511. The molecule has 1 N–H and O–H groups in total. The molecule has 0 radical (unpaired) electrons. The molecule has 0 spiro atoms. The summed E-state index contributed by atoms with van der Waals surface area (Å²) in [6.45, 7) is 6.04. The summed E-state index contributed by atoms with van der Waals surface area (Å²) in [5.41, 5.74) is -0.693. The van der Waals surface area contributed by atoms with Crippen molar-refractivity contribution in [3.63, 3.8) is 0 Å². The Hall–Kier alpha value is -1.43. The zero-order valence-corrected chi connectivity index (χ0v) is 17.7. The molecule has 26 heavy (non-hydrogen) atoms. The Morgan fingerprint density at radius 3 is 2.81 bits per heavy atom. The van der Waals surface area contributed by atoms with Crippen molar-refractivity contribution in [1.29, 1.82) is 0 Å². The minimum absolute atomic E-state index is 0.132. The highest BCUT2D eigenvalue weighted by molar-refractivity contribution is 9.10. The molecular weight excluding hydrogens is 420 g/mol. The van der Waals surface area contributed by atoms with E-state index in [1.54, 1.807) is 6.20 Å². The van der Waals surface area contributed by atoms with E-state index < -0.39 is 11.7 Å². The zero-order chi connectivity index (χ0) is 19.2. The lowest BCUT2D eigenvalue weighted by Gasteiger charge is -2.34. The van der Waals surface area contributed by atoms with Gasteiger partial charge >= 0.3 is 6.09 Å². The molecule has 0 atom stereocenters. The second-order valence-corrected chi connectivity index (χ2v) is 8.67. The highest BCUT2D eigenvalue weighted by Crippen LogP contribution is 2.36. The van der Waals surface area contributed by atoms with Crippen molar-refractivity contribution >= 4 is 45.3 Å². The van der Waals surface area contributed by atoms with Gasteiger partial charge in [0.2, 0.25) is 5.28 Å². The molecule has 1 fully saturated rings. The zero-order valence-electron chi connectivity index (χ0n) is 15.3.